The highest BCUT2D eigenvalue weighted by Crippen LogP contribution is 2.19. The lowest BCUT2D eigenvalue weighted by atomic mass is 10.1. The average molecular weight is 292 g/mol. The van der Waals surface area contributed by atoms with Crippen LogP contribution >= 0.6 is 12.2 Å². The van der Waals surface area contributed by atoms with Gasteiger partial charge < -0.3 is 4.57 Å². The number of pyridine rings is 1. The highest BCUT2D eigenvalue weighted by molar-refractivity contribution is 7.71. The Labute approximate surface area is 123 Å². The van der Waals surface area contributed by atoms with Gasteiger partial charge in [0.25, 0.3) is 5.56 Å². The average Bonchev–Trinajstić information content (AvgIpc) is 2.75. The topological polar surface area (TPSA) is 55.6 Å². The summed E-state index contributed by atoms with van der Waals surface area (Å²) in [6, 6.07) is 2.00. The Bertz CT molecular complexity index is 739. The van der Waals surface area contributed by atoms with E-state index < -0.39 is 0 Å². The van der Waals surface area contributed by atoms with Crippen molar-refractivity contribution in [1.29, 1.82) is 0 Å². The highest BCUT2D eigenvalue weighted by Gasteiger charge is 2.16. The standard InChI is InChI=1S/C14H20N4OS/c1-5-6-7-18-12(15-16-14(18)20)11-9(2)8-10(3)17(4)13(11)19/h8H,5-7H2,1-4H3,(H,16,20). The van der Waals surface area contributed by atoms with Gasteiger partial charge in [0, 0.05) is 19.3 Å². The lowest BCUT2D eigenvalue weighted by Gasteiger charge is -2.11. The molecule has 0 aliphatic rings. The predicted molar refractivity (Wildman–Crippen MR) is 82.5 cm³/mol. The molecular formula is C14H20N4OS. The third-order valence-electron chi connectivity index (χ3n) is 3.58. The first kappa shape index (κ1) is 14.7. The normalized spacial score (nSPS) is 11.0. The van der Waals surface area contributed by atoms with Gasteiger partial charge in [-0.05, 0) is 44.1 Å². The summed E-state index contributed by atoms with van der Waals surface area (Å²) in [7, 11) is 1.78. The fraction of sp³-hybridized carbons (Fsp3) is 0.500. The Morgan fingerprint density at radius 1 is 1.40 bits per heavy atom. The molecule has 2 rings (SSSR count). The van der Waals surface area contributed by atoms with Gasteiger partial charge in [0.2, 0.25) is 0 Å². The van der Waals surface area contributed by atoms with Crippen molar-refractivity contribution in [2.45, 2.75) is 40.2 Å². The lowest BCUT2D eigenvalue weighted by Crippen LogP contribution is -2.23. The van der Waals surface area contributed by atoms with Gasteiger partial charge in [0.15, 0.2) is 10.6 Å². The number of nitrogens with zero attached hydrogens (tertiary/aromatic N) is 3. The quantitative estimate of drug-likeness (QED) is 0.882. The second-order valence-electron chi connectivity index (χ2n) is 5.07. The van der Waals surface area contributed by atoms with Crippen molar-refractivity contribution in [3.05, 3.63) is 32.4 Å². The molecule has 2 aromatic heterocycles. The summed E-state index contributed by atoms with van der Waals surface area (Å²) < 4.78 is 4.12. The summed E-state index contributed by atoms with van der Waals surface area (Å²) in [6.07, 6.45) is 2.07. The van der Waals surface area contributed by atoms with E-state index in [1.807, 2.05) is 24.5 Å². The van der Waals surface area contributed by atoms with E-state index in [0.717, 1.165) is 30.6 Å². The molecule has 108 valence electrons. The highest BCUT2D eigenvalue weighted by atomic mass is 32.1. The molecule has 0 aliphatic heterocycles. The van der Waals surface area contributed by atoms with E-state index in [1.165, 1.54) is 0 Å². The molecule has 0 bridgehead atoms. The Morgan fingerprint density at radius 3 is 2.75 bits per heavy atom. The zero-order chi connectivity index (χ0) is 14.9. The van der Waals surface area contributed by atoms with Crippen LogP contribution in [0.15, 0.2) is 10.9 Å². The van der Waals surface area contributed by atoms with E-state index >= 15 is 0 Å². The van der Waals surface area contributed by atoms with Gasteiger partial charge in [-0.25, -0.2) is 0 Å². The molecule has 0 fully saturated rings. The van der Waals surface area contributed by atoms with Crippen LogP contribution in [0.3, 0.4) is 0 Å². The minimum absolute atomic E-state index is 0.0331. The number of rotatable bonds is 4. The second kappa shape index (κ2) is 5.75. The second-order valence-corrected chi connectivity index (χ2v) is 5.45. The summed E-state index contributed by atoms with van der Waals surface area (Å²) >= 11 is 5.27. The van der Waals surface area contributed by atoms with E-state index in [9.17, 15) is 4.79 Å². The smallest absolute Gasteiger partial charge is 0.261 e. The van der Waals surface area contributed by atoms with E-state index in [4.69, 9.17) is 12.2 Å². The number of nitrogens with one attached hydrogen (secondary N) is 1. The molecule has 0 spiro atoms. The Hall–Kier alpha value is -1.69. The van der Waals surface area contributed by atoms with Crippen LogP contribution in [0.4, 0.5) is 0 Å². The number of hydrogen-bond acceptors (Lipinski definition) is 3. The number of aryl methyl sites for hydroxylation is 2. The number of hydrogen-bond donors (Lipinski definition) is 1. The number of unbranched alkanes of at least 4 members (excludes halogenated alkanes) is 1. The van der Waals surface area contributed by atoms with Gasteiger partial charge in [0.05, 0.1) is 5.56 Å². The van der Waals surface area contributed by atoms with Crippen LogP contribution in [-0.2, 0) is 13.6 Å². The molecule has 0 aromatic carbocycles. The van der Waals surface area contributed by atoms with Gasteiger partial charge >= 0.3 is 0 Å². The number of aromatic nitrogens is 4. The Kier molecular flexibility index (Phi) is 4.23. The maximum absolute atomic E-state index is 12.5. The van der Waals surface area contributed by atoms with Crippen LogP contribution in [-0.4, -0.2) is 19.3 Å². The number of aromatic amines is 1. The first-order valence-electron chi connectivity index (χ1n) is 6.80. The van der Waals surface area contributed by atoms with Crippen molar-refractivity contribution in [1.82, 2.24) is 19.3 Å². The molecule has 0 saturated carbocycles. The van der Waals surface area contributed by atoms with Crippen LogP contribution in [0.2, 0.25) is 0 Å². The van der Waals surface area contributed by atoms with Gasteiger partial charge in [0.1, 0.15) is 0 Å². The van der Waals surface area contributed by atoms with Crippen molar-refractivity contribution in [2.75, 3.05) is 0 Å². The van der Waals surface area contributed by atoms with E-state index in [0.29, 0.717) is 16.2 Å². The summed E-state index contributed by atoms with van der Waals surface area (Å²) in [5.74, 6) is 0.640. The third-order valence-corrected chi connectivity index (χ3v) is 3.90. The molecule has 0 atom stereocenters. The summed E-state index contributed by atoms with van der Waals surface area (Å²) in [5, 5.41) is 7.06. The van der Waals surface area contributed by atoms with Gasteiger partial charge in [-0.15, -0.1) is 0 Å². The molecule has 2 aromatic rings. The van der Waals surface area contributed by atoms with Crippen LogP contribution in [0.25, 0.3) is 11.4 Å². The fourth-order valence-corrected chi connectivity index (χ4v) is 2.51. The summed E-state index contributed by atoms with van der Waals surface area (Å²) in [6.45, 7) is 6.76. The van der Waals surface area contributed by atoms with Crippen molar-refractivity contribution in [3.63, 3.8) is 0 Å². The molecule has 0 saturated heterocycles. The monoisotopic (exact) mass is 292 g/mol. The van der Waals surface area contributed by atoms with E-state index in [2.05, 4.69) is 17.1 Å². The van der Waals surface area contributed by atoms with Crippen molar-refractivity contribution >= 4 is 12.2 Å². The minimum Gasteiger partial charge on any atom is -0.315 e. The van der Waals surface area contributed by atoms with Crippen LogP contribution in [0.5, 0.6) is 0 Å². The summed E-state index contributed by atoms with van der Waals surface area (Å²) in [5.41, 5.74) is 2.46. The number of H-pyrrole nitrogens is 1. The molecule has 0 amide bonds. The predicted octanol–water partition coefficient (Wildman–Crippen LogP) is 2.72. The lowest BCUT2D eigenvalue weighted by molar-refractivity contribution is 0.628. The fourth-order valence-electron chi connectivity index (χ4n) is 2.28. The van der Waals surface area contributed by atoms with Crippen molar-refractivity contribution < 1.29 is 0 Å². The molecule has 0 radical (unpaired) electrons. The first-order valence-corrected chi connectivity index (χ1v) is 7.21. The molecule has 0 aliphatic carbocycles. The van der Waals surface area contributed by atoms with Crippen molar-refractivity contribution in [2.24, 2.45) is 7.05 Å². The Balaban J connectivity index is 2.67. The van der Waals surface area contributed by atoms with Crippen LogP contribution in [0, 0.1) is 18.6 Å². The molecule has 1 N–H and O–H groups in total. The molecule has 6 heteroatoms. The zero-order valence-corrected chi connectivity index (χ0v) is 13.2. The molecular weight excluding hydrogens is 272 g/mol. The van der Waals surface area contributed by atoms with Gasteiger partial charge in [-0.3, -0.25) is 14.5 Å². The minimum atomic E-state index is -0.0331. The van der Waals surface area contributed by atoms with Crippen LogP contribution in [0.1, 0.15) is 31.0 Å². The van der Waals surface area contributed by atoms with E-state index in [-0.39, 0.29) is 5.56 Å². The molecule has 0 unspecified atom stereocenters. The maximum Gasteiger partial charge on any atom is 0.261 e. The molecule has 2 heterocycles. The van der Waals surface area contributed by atoms with Gasteiger partial charge in [-0.2, -0.15) is 5.10 Å². The Morgan fingerprint density at radius 2 is 2.10 bits per heavy atom. The van der Waals surface area contributed by atoms with Crippen LogP contribution < -0.4 is 5.56 Å². The molecule has 5 nitrogen and oxygen atoms in total. The summed E-state index contributed by atoms with van der Waals surface area (Å²) in [4.78, 5) is 12.5. The SMILES string of the molecule is CCCCn1c(-c2c(C)cc(C)n(C)c2=O)n[nH]c1=S. The maximum atomic E-state index is 12.5. The van der Waals surface area contributed by atoms with E-state index in [1.54, 1.807) is 11.6 Å². The zero-order valence-electron chi connectivity index (χ0n) is 12.4. The third kappa shape index (κ3) is 2.47. The van der Waals surface area contributed by atoms with Gasteiger partial charge in [-0.1, -0.05) is 13.3 Å². The largest absolute Gasteiger partial charge is 0.315 e. The molecule has 20 heavy (non-hydrogen) atoms. The van der Waals surface area contributed by atoms with Crippen molar-refractivity contribution in [3.8, 4) is 11.4 Å². The first-order chi connectivity index (χ1) is 9.47.